The van der Waals surface area contributed by atoms with E-state index in [1.807, 2.05) is 37.9 Å². The van der Waals surface area contributed by atoms with E-state index in [1.54, 1.807) is 6.20 Å². The molecule has 0 radical (unpaired) electrons. The van der Waals surface area contributed by atoms with Crippen LogP contribution in [0.1, 0.15) is 63.6 Å². The van der Waals surface area contributed by atoms with Gasteiger partial charge >= 0.3 is 5.97 Å². The summed E-state index contributed by atoms with van der Waals surface area (Å²) in [6.07, 6.45) is 6.95. The fourth-order valence-electron chi connectivity index (χ4n) is 3.47. The van der Waals surface area contributed by atoms with E-state index in [4.69, 9.17) is 4.74 Å². The zero-order valence-electron chi connectivity index (χ0n) is 15.0. The summed E-state index contributed by atoms with van der Waals surface area (Å²) in [6.45, 7) is 6.58. The molecule has 2 aliphatic heterocycles. The zero-order valence-corrected chi connectivity index (χ0v) is 15.0. The van der Waals surface area contributed by atoms with Crippen LogP contribution in [0.15, 0.2) is 24.2 Å². The lowest BCUT2D eigenvalue weighted by atomic mass is 9.83. The van der Waals surface area contributed by atoms with E-state index in [0.717, 1.165) is 36.9 Å². The van der Waals surface area contributed by atoms with Crippen molar-refractivity contribution in [3.8, 4) is 0 Å². The van der Waals surface area contributed by atoms with Crippen LogP contribution in [0.4, 0.5) is 0 Å². The summed E-state index contributed by atoms with van der Waals surface area (Å²) in [5.41, 5.74) is 2.81. The summed E-state index contributed by atoms with van der Waals surface area (Å²) >= 11 is 0. The minimum atomic E-state index is -0.425. The van der Waals surface area contributed by atoms with E-state index in [2.05, 4.69) is 4.98 Å². The number of fused-ring (bicyclic) bond motifs is 3. The number of ketones is 1. The summed E-state index contributed by atoms with van der Waals surface area (Å²) in [5, 5.41) is 0. The quantitative estimate of drug-likeness (QED) is 0.794. The average Bonchev–Trinajstić information content (AvgIpc) is 2.67. The molecule has 5 nitrogen and oxygen atoms in total. The largest absolute Gasteiger partial charge is 0.464 e. The topological polar surface area (TPSA) is 59.5 Å². The van der Waals surface area contributed by atoms with Crippen LogP contribution in [0.2, 0.25) is 0 Å². The smallest absolute Gasteiger partial charge is 0.355 e. The lowest BCUT2D eigenvalue weighted by Crippen LogP contribution is -2.40. The first-order chi connectivity index (χ1) is 11.7. The van der Waals surface area contributed by atoms with Gasteiger partial charge in [0.25, 0.3) is 0 Å². The molecule has 0 saturated carbocycles. The van der Waals surface area contributed by atoms with Gasteiger partial charge in [-0.1, -0.05) is 20.8 Å². The third kappa shape index (κ3) is 3.07. The molecule has 1 aromatic rings. The number of aromatic nitrogens is 1. The van der Waals surface area contributed by atoms with Gasteiger partial charge in [0, 0.05) is 30.9 Å². The normalized spacial score (nSPS) is 18.8. The van der Waals surface area contributed by atoms with Gasteiger partial charge in [-0.25, -0.2) is 4.79 Å². The fraction of sp³-hybridized carbons (Fsp3) is 0.526. The molecule has 0 spiro atoms. The number of carbonyl (C=O) groups is 2. The van der Waals surface area contributed by atoms with Gasteiger partial charge in [-0.3, -0.25) is 9.78 Å². The highest BCUT2D eigenvalue weighted by Crippen LogP contribution is 2.44. The molecule has 0 aromatic carbocycles. The van der Waals surface area contributed by atoms with Gasteiger partial charge < -0.3 is 9.64 Å². The van der Waals surface area contributed by atoms with E-state index in [9.17, 15) is 9.59 Å². The van der Waals surface area contributed by atoms with Gasteiger partial charge in [-0.15, -0.1) is 0 Å². The predicted octanol–water partition coefficient (Wildman–Crippen LogP) is 3.51. The maximum atomic E-state index is 12.5. The number of Topliss-reactive ketones (excluding diaryl/α,β-unsaturated/α-hetero) is 1. The van der Waals surface area contributed by atoms with Gasteiger partial charge in [-0.05, 0) is 30.9 Å². The Balaban J connectivity index is 0.00000100. The molecule has 1 atom stereocenters. The molecule has 0 N–H and O–H groups in total. The Morgan fingerprint density at radius 3 is 2.75 bits per heavy atom. The molecular formula is C19H26N2O3. The maximum Gasteiger partial charge on any atom is 0.355 e. The van der Waals surface area contributed by atoms with E-state index < -0.39 is 5.97 Å². The molecule has 130 valence electrons. The Kier molecular flexibility index (Phi) is 6.12. The number of esters is 1. The molecule has 1 fully saturated rings. The number of carbonyl (C=O) groups excluding carboxylic acids is 2. The molecule has 1 unspecified atom stereocenters. The minimum Gasteiger partial charge on any atom is -0.464 e. The van der Waals surface area contributed by atoms with Crippen molar-refractivity contribution in [2.75, 3.05) is 13.7 Å². The first-order valence-electron chi connectivity index (χ1n) is 8.75. The number of hydrogen-bond donors (Lipinski definition) is 0. The maximum absolute atomic E-state index is 12.5. The summed E-state index contributed by atoms with van der Waals surface area (Å²) in [6, 6.07) is 1.95. The van der Waals surface area contributed by atoms with Crippen LogP contribution >= 0.6 is 0 Å². The van der Waals surface area contributed by atoms with Crippen LogP contribution in [0, 0.1) is 0 Å². The lowest BCUT2D eigenvalue weighted by Gasteiger charge is -2.42. The highest BCUT2D eigenvalue weighted by Gasteiger charge is 2.39. The number of rotatable bonds is 3. The van der Waals surface area contributed by atoms with Crippen molar-refractivity contribution >= 4 is 17.3 Å². The number of methoxy groups -OCH3 is 1. The Morgan fingerprint density at radius 1 is 1.33 bits per heavy atom. The predicted molar refractivity (Wildman–Crippen MR) is 93.1 cm³/mol. The monoisotopic (exact) mass is 330 g/mol. The standard InChI is InChI=1S/C17H20N2O3.C2H6/c1-3-14(20)15-11-7-8-18-10-12(11)13-6-4-5-9-19(13)16(15)17(21)22-2;1-2/h7-8,10,13H,3-6,9H2,1-2H3;1-2H3. The van der Waals surface area contributed by atoms with Crippen molar-refractivity contribution in [1.82, 2.24) is 9.88 Å². The highest BCUT2D eigenvalue weighted by molar-refractivity contribution is 6.26. The molecule has 1 saturated heterocycles. The molecule has 1 aromatic heterocycles. The second kappa shape index (κ2) is 8.08. The van der Waals surface area contributed by atoms with Gasteiger partial charge in [0.2, 0.25) is 0 Å². The molecule has 2 aliphatic rings. The number of hydrogen-bond acceptors (Lipinski definition) is 5. The Morgan fingerprint density at radius 2 is 2.08 bits per heavy atom. The summed E-state index contributed by atoms with van der Waals surface area (Å²) in [4.78, 5) is 31.2. The molecular weight excluding hydrogens is 304 g/mol. The number of pyridine rings is 1. The van der Waals surface area contributed by atoms with Crippen LogP contribution in [-0.2, 0) is 14.3 Å². The number of nitrogens with zero attached hydrogens (tertiary/aromatic N) is 2. The Bertz CT molecular complexity index is 652. The first-order valence-corrected chi connectivity index (χ1v) is 8.75. The molecule has 0 amide bonds. The highest BCUT2D eigenvalue weighted by atomic mass is 16.5. The van der Waals surface area contributed by atoms with E-state index in [1.165, 1.54) is 7.11 Å². The van der Waals surface area contributed by atoms with Gasteiger partial charge in [-0.2, -0.15) is 0 Å². The van der Waals surface area contributed by atoms with E-state index >= 15 is 0 Å². The average molecular weight is 330 g/mol. The van der Waals surface area contributed by atoms with Crippen LogP contribution in [0.25, 0.3) is 5.57 Å². The van der Waals surface area contributed by atoms with Gasteiger partial charge in [0.15, 0.2) is 5.78 Å². The van der Waals surface area contributed by atoms with Gasteiger partial charge in [0.05, 0.1) is 18.7 Å². The number of piperidine rings is 1. The Hall–Kier alpha value is -2.17. The van der Waals surface area contributed by atoms with Crippen molar-refractivity contribution in [2.45, 2.75) is 52.5 Å². The SMILES string of the molecule is CC.CCC(=O)C1=C(C(=O)OC)N2CCCCC2c2cnccc21. The molecule has 5 heteroatoms. The fourth-order valence-corrected chi connectivity index (χ4v) is 3.47. The molecule has 0 bridgehead atoms. The third-order valence-corrected chi connectivity index (χ3v) is 4.49. The van der Waals surface area contributed by atoms with Crippen molar-refractivity contribution in [3.05, 3.63) is 35.3 Å². The molecule has 0 aliphatic carbocycles. The zero-order chi connectivity index (χ0) is 17.7. The van der Waals surface area contributed by atoms with E-state index in [-0.39, 0.29) is 11.8 Å². The summed E-state index contributed by atoms with van der Waals surface area (Å²) in [5.74, 6) is -0.456. The summed E-state index contributed by atoms with van der Waals surface area (Å²) in [7, 11) is 1.37. The van der Waals surface area contributed by atoms with Crippen molar-refractivity contribution in [2.24, 2.45) is 0 Å². The second-order valence-corrected chi connectivity index (χ2v) is 5.66. The molecule has 24 heavy (non-hydrogen) atoms. The molecule has 3 heterocycles. The second-order valence-electron chi connectivity index (χ2n) is 5.66. The van der Waals surface area contributed by atoms with Crippen molar-refractivity contribution in [3.63, 3.8) is 0 Å². The summed E-state index contributed by atoms with van der Waals surface area (Å²) < 4.78 is 4.97. The lowest BCUT2D eigenvalue weighted by molar-refractivity contribution is -0.138. The van der Waals surface area contributed by atoms with Crippen LogP contribution in [-0.4, -0.2) is 35.3 Å². The van der Waals surface area contributed by atoms with Crippen LogP contribution in [0.5, 0.6) is 0 Å². The first kappa shape index (κ1) is 18.2. The van der Waals surface area contributed by atoms with Crippen LogP contribution in [0.3, 0.4) is 0 Å². The number of allylic oxidation sites excluding steroid dienone is 1. The third-order valence-electron chi connectivity index (χ3n) is 4.49. The van der Waals surface area contributed by atoms with Crippen molar-refractivity contribution < 1.29 is 14.3 Å². The van der Waals surface area contributed by atoms with Crippen LogP contribution < -0.4 is 0 Å². The molecule has 3 rings (SSSR count). The van der Waals surface area contributed by atoms with Gasteiger partial charge in [0.1, 0.15) is 5.70 Å². The Labute approximate surface area is 143 Å². The number of ether oxygens (including phenoxy) is 1. The minimum absolute atomic E-state index is 0.0307. The van der Waals surface area contributed by atoms with E-state index in [0.29, 0.717) is 17.7 Å². The van der Waals surface area contributed by atoms with Crippen molar-refractivity contribution in [1.29, 1.82) is 0 Å².